The van der Waals surface area contributed by atoms with Gasteiger partial charge in [0.05, 0.1) is 6.10 Å². The van der Waals surface area contributed by atoms with Gasteiger partial charge in [-0.1, -0.05) is 13.3 Å². The topological polar surface area (TPSA) is 44.3 Å². The van der Waals surface area contributed by atoms with Crippen LogP contribution >= 0.6 is 0 Å². The molecule has 2 unspecified atom stereocenters. The molecule has 0 aliphatic carbocycles. The highest BCUT2D eigenvalue weighted by Gasteiger charge is 2.11. The van der Waals surface area contributed by atoms with Crippen molar-refractivity contribution in [3.05, 3.63) is 0 Å². The molecule has 0 saturated carbocycles. The lowest BCUT2D eigenvalue weighted by molar-refractivity contribution is 0.159. The van der Waals surface area contributed by atoms with Crippen molar-refractivity contribution < 1.29 is 5.11 Å². The number of rotatable bonds is 6. The summed E-state index contributed by atoms with van der Waals surface area (Å²) in [7, 11) is 0. The van der Waals surface area contributed by atoms with Crippen LogP contribution in [0.15, 0.2) is 0 Å². The Hall–Kier alpha value is -0.120. The van der Waals surface area contributed by atoms with Crippen molar-refractivity contribution in [3.63, 3.8) is 0 Å². The molecule has 0 aromatic rings. The van der Waals surface area contributed by atoms with Crippen molar-refractivity contribution in [2.45, 2.75) is 51.2 Å². The smallest absolute Gasteiger partial charge is 0.0549 e. The van der Waals surface area contributed by atoms with Gasteiger partial charge in [-0.05, 0) is 38.8 Å². The maximum atomic E-state index is 9.34. The lowest BCUT2D eigenvalue weighted by Crippen LogP contribution is -2.42. The first-order chi connectivity index (χ1) is 6.83. The zero-order valence-electron chi connectivity index (χ0n) is 9.26. The minimum atomic E-state index is -0.123. The van der Waals surface area contributed by atoms with Crippen LogP contribution in [0.1, 0.15) is 39.0 Å². The van der Waals surface area contributed by atoms with Crippen LogP contribution in [0.25, 0.3) is 0 Å². The average molecular weight is 200 g/mol. The summed E-state index contributed by atoms with van der Waals surface area (Å²) in [4.78, 5) is 0. The lowest BCUT2D eigenvalue weighted by atomic mass is 10.1. The van der Waals surface area contributed by atoms with E-state index in [2.05, 4.69) is 10.6 Å². The van der Waals surface area contributed by atoms with E-state index >= 15 is 0 Å². The monoisotopic (exact) mass is 200 g/mol. The van der Waals surface area contributed by atoms with E-state index in [1.54, 1.807) is 0 Å². The molecule has 1 rings (SSSR count). The van der Waals surface area contributed by atoms with Gasteiger partial charge in [-0.3, -0.25) is 0 Å². The minimum absolute atomic E-state index is 0.123. The highest BCUT2D eigenvalue weighted by Crippen LogP contribution is 2.05. The fraction of sp³-hybridized carbons (Fsp3) is 1.00. The van der Waals surface area contributed by atoms with Crippen LogP contribution in [0, 0.1) is 0 Å². The van der Waals surface area contributed by atoms with E-state index in [0.29, 0.717) is 6.04 Å². The quantitative estimate of drug-likeness (QED) is 0.558. The third-order valence-corrected chi connectivity index (χ3v) is 2.93. The molecular weight excluding hydrogens is 176 g/mol. The third-order valence-electron chi connectivity index (χ3n) is 2.93. The normalized spacial score (nSPS) is 24.9. The molecule has 0 amide bonds. The molecule has 1 heterocycles. The molecule has 2 atom stereocenters. The fourth-order valence-electron chi connectivity index (χ4n) is 1.85. The molecule has 3 N–H and O–H groups in total. The first-order valence-electron chi connectivity index (χ1n) is 5.95. The van der Waals surface area contributed by atoms with Crippen LogP contribution in [0.2, 0.25) is 0 Å². The molecule has 84 valence electrons. The second-order valence-corrected chi connectivity index (χ2v) is 4.20. The second-order valence-electron chi connectivity index (χ2n) is 4.20. The summed E-state index contributed by atoms with van der Waals surface area (Å²) >= 11 is 0. The first-order valence-corrected chi connectivity index (χ1v) is 5.95. The van der Waals surface area contributed by atoms with E-state index in [9.17, 15) is 5.11 Å². The number of aliphatic hydroxyl groups excluding tert-OH is 1. The van der Waals surface area contributed by atoms with Gasteiger partial charge in [-0.2, -0.15) is 0 Å². The first kappa shape index (κ1) is 12.0. The molecule has 0 radical (unpaired) electrons. The number of hydrogen-bond acceptors (Lipinski definition) is 3. The van der Waals surface area contributed by atoms with Gasteiger partial charge < -0.3 is 15.7 Å². The molecule has 3 nitrogen and oxygen atoms in total. The summed E-state index contributed by atoms with van der Waals surface area (Å²) in [5.41, 5.74) is 0. The van der Waals surface area contributed by atoms with E-state index in [4.69, 9.17) is 0 Å². The molecule has 1 aliphatic heterocycles. The van der Waals surface area contributed by atoms with Crippen LogP contribution in [0.4, 0.5) is 0 Å². The van der Waals surface area contributed by atoms with Gasteiger partial charge in [-0.25, -0.2) is 0 Å². The van der Waals surface area contributed by atoms with E-state index in [1.165, 1.54) is 25.8 Å². The molecule has 14 heavy (non-hydrogen) atoms. The van der Waals surface area contributed by atoms with Crippen LogP contribution in [-0.2, 0) is 0 Å². The largest absolute Gasteiger partial charge is 0.393 e. The van der Waals surface area contributed by atoms with Crippen molar-refractivity contribution >= 4 is 0 Å². The maximum Gasteiger partial charge on any atom is 0.0549 e. The predicted molar refractivity (Wildman–Crippen MR) is 59.4 cm³/mol. The summed E-state index contributed by atoms with van der Waals surface area (Å²) in [6.07, 6.45) is 5.60. The summed E-state index contributed by atoms with van der Waals surface area (Å²) in [5, 5.41) is 16.2. The molecular formula is C11H24N2O. The molecule has 1 fully saturated rings. The standard InChI is InChI=1S/C11H24N2O/c1-2-11(14)6-8-12-9-10-5-3-4-7-13-10/h10-14H,2-9H2,1H3. The third kappa shape index (κ3) is 4.94. The number of nitrogens with one attached hydrogen (secondary N) is 2. The highest BCUT2D eigenvalue weighted by atomic mass is 16.3. The van der Waals surface area contributed by atoms with Crippen LogP contribution in [0.3, 0.4) is 0 Å². The van der Waals surface area contributed by atoms with Crippen molar-refractivity contribution in [3.8, 4) is 0 Å². The highest BCUT2D eigenvalue weighted by molar-refractivity contribution is 4.74. The van der Waals surface area contributed by atoms with Crippen molar-refractivity contribution in [1.82, 2.24) is 10.6 Å². The molecule has 0 spiro atoms. The van der Waals surface area contributed by atoms with Gasteiger partial charge in [0.1, 0.15) is 0 Å². The number of piperidine rings is 1. The number of aliphatic hydroxyl groups is 1. The second kappa shape index (κ2) is 7.21. The lowest BCUT2D eigenvalue weighted by Gasteiger charge is -2.23. The Balaban J connectivity index is 1.92. The molecule has 0 bridgehead atoms. The number of hydrogen-bond donors (Lipinski definition) is 3. The molecule has 1 saturated heterocycles. The Morgan fingerprint density at radius 2 is 2.36 bits per heavy atom. The molecule has 0 aromatic heterocycles. The Kier molecular flexibility index (Phi) is 6.15. The zero-order chi connectivity index (χ0) is 10.2. The van der Waals surface area contributed by atoms with Gasteiger partial charge >= 0.3 is 0 Å². The van der Waals surface area contributed by atoms with Crippen molar-refractivity contribution in [2.75, 3.05) is 19.6 Å². The van der Waals surface area contributed by atoms with E-state index in [1.807, 2.05) is 6.92 Å². The van der Waals surface area contributed by atoms with Crippen molar-refractivity contribution in [1.29, 1.82) is 0 Å². The summed E-state index contributed by atoms with van der Waals surface area (Å²) in [6.45, 7) is 5.18. The van der Waals surface area contributed by atoms with Crippen LogP contribution < -0.4 is 10.6 Å². The van der Waals surface area contributed by atoms with Crippen LogP contribution in [-0.4, -0.2) is 36.9 Å². The summed E-state index contributed by atoms with van der Waals surface area (Å²) in [5.74, 6) is 0. The van der Waals surface area contributed by atoms with E-state index < -0.39 is 0 Å². The van der Waals surface area contributed by atoms with Gasteiger partial charge in [0.15, 0.2) is 0 Å². The predicted octanol–water partition coefficient (Wildman–Crippen LogP) is 0.879. The Bertz CT molecular complexity index is 135. The van der Waals surface area contributed by atoms with Crippen LogP contribution in [0.5, 0.6) is 0 Å². The molecule has 1 aliphatic rings. The summed E-state index contributed by atoms with van der Waals surface area (Å²) in [6, 6.07) is 0.655. The van der Waals surface area contributed by atoms with Gasteiger partial charge in [0.2, 0.25) is 0 Å². The Morgan fingerprint density at radius 3 is 3.00 bits per heavy atom. The molecule has 0 aromatic carbocycles. The average Bonchev–Trinajstić information content (AvgIpc) is 2.25. The molecule has 3 heteroatoms. The zero-order valence-corrected chi connectivity index (χ0v) is 9.26. The van der Waals surface area contributed by atoms with Crippen molar-refractivity contribution in [2.24, 2.45) is 0 Å². The Labute approximate surface area is 87.3 Å². The Morgan fingerprint density at radius 1 is 1.50 bits per heavy atom. The van der Waals surface area contributed by atoms with Gasteiger partial charge in [0, 0.05) is 12.6 Å². The van der Waals surface area contributed by atoms with Gasteiger partial charge in [-0.15, -0.1) is 0 Å². The fourth-order valence-corrected chi connectivity index (χ4v) is 1.85. The van der Waals surface area contributed by atoms with Gasteiger partial charge in [0.25, 0.3) is 0 Å². The van der Waals surface area contributed by atoms with E-state index in [-0.39, 0.29) is 6.10 Å². The van der Waals surface area contributed by atoms with E-state index in [0.717, 1.165) is 25.9 Å². The SMILES string of the molecule is CCC(O)CCNCC1CCCCN1. The maximum absolute atomic E-state index is 9.34. The minimum Gasteiger partial charge on any atom is -0.393 e. The summed E-state index contributed by atoms with van der Waals surface area (Å²) < 4.78 is 0.